The minimum absolute atomic E-state index is 0.0414. The zero-order valence-corrected chi connectivity index (χ0v) is 19.0. The van der Waals surface area contributed by atoms with Gasteiger partial charge in [-0.1, -0.05) is 30.3 Å². The second-order valence-corrected chi connectivity index (χ2v) is 8.59. The zero-order chi connectivity index (χ0) is 25.0. The molecule has 36 heavy (non-hydrogen) atoms. The molecular formula is C28H19NO7. The van der Waals surface area contributed by atoms with Gasteiger partial charge in [0.15, 0.2) is 5.43 Å². The molecule has 8 heteroatoms. The smallest absolute Gasteiger partial charge is 0.312 e. The number of aromatic nitrogens is 1. The molecule has 0 bridgehead atoms. The number of hydrogen-bond acceptors (Lipinski definition) is 7. The lowest BCUT2D eigenvalue weighted by Gasteiger charge is -2.25. The Bertz CT molecular complexity index is 1800. The number of rotatable bonds is 3. The van der Waals surface area contributed by atoms with E-state index in [0.717, 1.165) is 0 Å². The second kappa shape index (κ2) is 8.13. The van der Waals surface area contributed by atoms with Gasteiger partial charge >= 0.3 is 5.97 Å². The molecule has 2 N–H and O–H groups in total. The van der Waals surface area contributed by atoms with Gasteiger partial charge in [0, 0.05) is 45.6 Å². The van der Waals surface area contributed by atoms with Gasteiger partial charge in [-0.15, -0.1) is 0 Å². The molecule has 178 valence electrons. The van der Waals surface area contributed by atoms with Gasteiger partial charge in [0.05, 0.1) is 13.5 Å². The van der Waals surface area contributed by atoms with Crippen molar-refractivity contribution >= 4 is 27.8 Å². The van der Waals surface area contributed by atoms with Crippen LogP contribution in [0.3, 0.4) is 0 Å². The molecule has 0 saturated heterocycles. The number of phenolic OH excluding ortho intramolecular Hbond substituents is 1. The number of ether oxygens (including phenoxy) is 2. The molecule has 6 rings (SSSR count). The molecule has 5 aromatic rings. The van der Waals surface area contributed by atoms with E-state index in [1.165, 1.54) is 12.1 Å². The number of aromatic amines is 1. The van der Waals surface area contributed by atoms with Crippen molar-refractivity contribution in [1.82, 2.24) is 4.98 Å². The van der Waals surface area contributed by atoms with Gasteiger partial charge in [-0.05, 0) is 24.3 Å². The van der Waals surface area contributed by atoms with E-state index in [-0.39, 0.29) is 40.2 Å². The number of aromatic hydroxyl groups is 1. The average molecular weight is 481 g/mol. The second-order valence-electron chi connectivity index (χ2n) is 8.59. The van der Waals surface area contributed by atoms with Crippen LogP contribution in [-0.2, 0) is 4.79 Å². The highest BCUT2D eigenvalue weighted by molar-refractivity contribution is 5.93. The number of phenols is 1. The third kappa shape index (κ3) is 3.42. The summed E-state index contributed by atoms with van der Waals surface area (Å²) in [6.45, 7) is 0. The number of carbonyl (C=O) groups is 1. The molecule has 1 unspecified atom stereocenters. The Labute approximate surface area is 203 Å². The van der Waals surface area contributed by atoms with E-state index in [1.54, 1.807) is 43.5 Å². The summed E-state index contributed by atoms with van der Waals surface area (Å²) in [5.74, 6) is -0.787. The molecule has 3 heterocycles. The Balaban J connectivity index is 1.66. The van der Waals surface area contributed by atoms with E-state index in [2.05, 4.69) is 4.98 Å². The van der Waals surface area contributed by atoms with Gasteiger partial charge in [-0.25, -0.2) is 0 Å². The molecule has 0 fully saturated rings. The van der Waals surface area contributed by atoms with Crippen LogP contribution >= 0.6 is 0 Å². The van der Waals surface area contributed by atoms with E-state index in [0.29, 0.717) is 33.3 Å². The van der Waals surface area contributed by atoms with Gasteiger partial charge in [0.1, 0.15) is 34.0 Å². The largest absolute Gasteiger partial charge is 0.507 e. The highest BCUT2D eigenvalue weighted by Crippen LogP contribution is 2.45. The predicted octanol–water partition coefficient (Wildman–Crippen LogP) is 4.46. The number of esters is 1. The van der Waals surface area contributed by atoms with Gasteiger partial charge in [-0.3, -0.25) is 14.4 Å². The summed E-state index contributed by atoms with van der Waals surface area (Å²) in [6.07, 6.45) is -0.148. The van der Waals surface area contributed by atoms with Gasteiger partial charge < -0.3 is 24.0 Å². The number of pyridine rings is 1. The summed E-state index contributed by atoms with van der Waals surface area (Å²) in [6, 6.07) is 18.5. The number of carbonyl (C=O) groups excluding carboxylic acids is 1. The van der Waals surface area contributed by atoms with Crippen molar-refractivity contribution in [2.24, 2.45) is 0 Å². The monoisotopic (exact) mass is 481 g/mol. The number of methoxy groups -OCH3 is 1. The summed E-state index contributed by atoms with van der Waals surface area (Å²) < 4.78 is 16.9. The number of hydrogen-bond donors (Lipinski definition) is 2. The molecule has 2 aromatic heterocycles. The van der Waals surface area contributed by atoms with Crippen molar-refractivity contribution in [3.05, 3.63) is 98.4 Å². The first-order valence-corrected chi connectivity index (χ1v) is 11.2. The average Bonchev–Trinajstić information content (AvgIpc) is 2.87. The minimum atomic E-state index is -0.780. The van der Waals surface area contributed by atoms with Crippen LogP contribution < -0.4 is 20.5 Å². The summed E-state index contributed by atoms with van der Waals surface area (Å²) in [5.41, 5.74) is 1.15. The molecule has 1 atom stereocenters. The first kappa shape index (κ1) is 21.7. The zero-order valence-electron chi connectivity index (χ0n) is 19.0. The van der Waals surface area contributed by atoms with Crippen molar-refractivity contribution in [2.75, 3.05) is 7.11 Å². The number of benzene rings is 3. The fourth-order valence-corrected chi connectivity index (χ4v) is 4.76. The SMILES string of the molecule is COc1ccc2[nH]c(=O)c(C3CC(=O)Oc4cc(O)c5c(=O)cc(-c6ccccc6)oc5c43)cc2c1. The molecule has 0 aliphatic carbocycles. The predicted molar refractivity (Wildman–Crippen MR) is 133 cm³/mol. The molecule has 0 amide bonds. The molecule has 0 radical (unpaired) electrons. The molecule has 1 aliphatic heterocycles. The van der Waals surface area contributed by atoms with Gasteiger partial charge in [0.2, 0.25) is 0 Å². The lowest BCUT2D eigenvalue weighted by molar-refractivity contribution is -0.135. The Hall–Kier alpha value is -4.85. The summed E-state index contributed by atoms with van der Waals surface area (Å²) in [7, 11) is 1.55. The van der Waals surface area contributed by atoms with Gasteiger partial charge in [0.25, 0.3) is 5.56 Å². The van der Waals surface area contributed by atoms with Gasteiger partial charge in [-0.2, -0.15) is 0 Å². The van der Waals surface area contributed by atoms with E-state index in [1.807, 2.05) is 18.2 Å². The quantitative estimate of drug-likeness (QED) is 0.289. The van der Waals surface area contributed by atoms with Crippen molar-refractivity contribution in [3.8, 4) is 28.6 Å². The highest BCUT2D eigenvalue weighted by atomic mass is 16.5. The fraction of sp³-hybridized carbons (Fsp3) is 0.107. The topological polar surface area (TPSA) is 119 Å². The molecule has 0 saturated carbocycles. The Morgan fingerprint density at radius 3 is 2.58 bits per heavy atom. The van der Waals surface area contributed by atoms with Crippen molar-refractivity contribution in [1.29, 1.82) is 0 Å². The van der Waals surface area contributed by atoms with E-state index >= 15 is 0 Å². The molecule has 0 spiro atoms. The summed E-state index contributed by atoms with van der Waals surface area (Å²) >= 11 is 0. The van der Waals surface area contributed by atoms with E-state index < -0.39 is 17.3 Å². The van der Waals surface area contributed by atoms with Crippen LogP contribution in [0.2, 0.25) is 0 Å². The molecule has 8 nitrogen and oxygen atoms in total. The third-order valence-electron chi connectivity index (χ3n) is 6.44. The number of H-pyrrole nitrogens is 1. The molecule has 1 aliphatic rings. The maximum atomic E-state index is 13.2. The minimum Gasteiger partial charge on any atom is -0.507 e. The Morgan fingerprint density at radius 2 is 1.81 bits per heavy atom. The third-order valence-corrected chi connectivity index (χ3v) is 6.44. The number of fused-ring (bicyclic) bond motifs is 4. The normalized spacial score (nSPS) is 15.0. The van der Waals surface area contributed by atoms with Crippen molar-refractivity contribution in [3.63, 3.8) is 0 Å². The number of nitrogens with one attached hydrogen (secondary N) is 1. The fourth-order valence-electron chi connectivity index (χ4n) is 4.76. The highest BCUT2D eigenvalue weighted by Gasteiger charge is 2.35. The molecule has 3 aromatic carbocycles. The standard InChI is InChI=1S/C28H19NO7/c1-34-16-7-8-19-15(9-16)10-18(28(33)29-19)17-11-24(32)35-23-13-21(31)26-20(30)12-22(36-27(26)25(17)23)14-5-3-2-4-6-14/h2-10,12-13,17,31H,11H2,1H3,(H,29,33). The van der Waals surface area contributed by atoms with E-state index in [4.69, 9.17) is 13.9 Å². The first-order chi connectivity index (χ1) is 17.4. The lowest BCUT2D eigenvalue weighted by atomic mass is 9.85. The molecular weight excluding hydrogens is 462 g/mol. The van der Waals surface area contributed by atoms with Crippen molar-refractivity contribution in [2.45, 2.75) is 12.3 Å². The summed E-state index contributed by atoms with van der Waals surface area (Å²) in [4.78, 5) is 41.7. The first-order valence-electron chi connectivity index (χ1n) is 11.2. The Morgan fingerprint density at radius 1 is 1.00 bits per heavy atom. The van der Waals surface area contributed by atoms with Crippen LogP contribution in [0.4, 0.5) is 0 Å². The van der Waals surface area contributed by atoms with Crippen molar-refractivity contribution < 1.29 is 23.8 Å². The van der Waals surface area contributed by atoms with E-state index in [9.17, 15) is 19.5 Å². The van der Waals surface area contributed by atoms with Crippen LogP contribution in [0.25, 0.3) is 33.2 Å². The summed E-state index contributed by atoms with van der Waals surface area (Å²) in [5, 5.41) is 11.3. The Kier molecular flexibility index (Phi) is 4.89. The van der Waals surface area contributed by atoms with Crippen LogP contribution in [-0.4, -0.2) is 23.2 Å². The van der Waals surface area contributed by atoms with Crippen LogP contribution in [0, 0.1) is 0 Å². The van der Waals surface area contributed by atoms with Crippen LogP contribution in [0.1, 0.15) is 23.5 Å². The lowest BCUT2D eigenvalue weighted by Crippen LogP contribution is -2.26. The van der Waals surface area contributed by atoms with Crippen LogP contribution in [0.15, 0.2) is 80.7 Å². The maximum Gasteiger partial charge on any atom is 0.312 e. The maximum absolute atomic E-state index is 13.2. The van der Waals surface area contributed by atoms with Crippen LogP contribution in [0.5, 0.6) is 17.2 Å².